The second-order valence-corrected chi connectivity index (χ2v) is 6.30. The van der Waals surface area contributed by atoms with Crippen LogP contribution in [0.5, 0.6) is 11.5 Å². The van der Waals surface area contributed by atoms with Gasteiger partial charge in [-0.2, -0.15) is 0 Å². The Hall–Kier alpha value is -2.95. The zero-order valence-corrected chi connectivity index (χ0v) is 13.5. The van der Waals surface area contributed by atoms with Gasteiger partial charge in [-0.05, 0) is 55.2 Å². The Morgan fingerprint density at radius 2 is 2.08 bits per heavy atom. The number of carbonyl (C=O) groups is 2. The lowest BCUT2D eigenvalue weighted by Crippen LogP contribution is -2.10. The summed E-state index contributed by atoms with van der Waals surface area (Å²) in [5, 5.41) is 0. The molecule has 1 aliphatic heterocycles. The number of fused-ring (bicyclic) bond motifs is 1. The molecule has 126 valence electrons. The lowest BCUT2D eigenvalue weighted by atomic mass is 10.0. The first-order valence-corrected chi connectivity index (χ1v) is 8.07. The fourth-order valence-electron chi connectivity index (χ4n) is 2.80. The number of hydrogen-bond donors (Lipinski definition) is 0. The molecule has 4 nitrogen and oxygen atoms in total. The Labute approximate surface area is 143 Å². The topological polar surface area (TPSA) is 52.6 Å². The van der Waals surface area contributed by atoms with Crippen LogP contribution in [0.2, 0.25) is 0 Å². The molecular formula is C20H15FO4. The summed E-state index contributed by atoms with van der Waals surface area (Å²) in [6, 6.07) is 9.11. The summed E-state index contributed by atoms with van der Waals surface area (Å²) in [6.45, 7) is 1.76. The van der Waals surface area contributed by atoms with Crippen molar-refractivity contribution in [1.82, 2.24) is 0 Å². The highest BCUT2D eigenvalue weighted by molar-refractivity contribution is 6.15. The smallest absolute Gasteiger partial charge is 0.314 e. The number of rotatable bonds is 3. The fourth-order valence-corrected chi connectivity index (χ4v) is 2.80. The summed E-state index contributed by atoms with van der Waals surface area (Å²) in [6.07, 6.45) is 3.22. The third-order valence-electron chi connectivity index (χ3n) is 4.22. The van der Waals surface area contributed by atoms with Gasteiger partial charge in [0, 0.05) is 6.07 Å². The van der Waals surface area contributed by atoms with Gasteiger partial charge in [0.25, 0.3) is 0 Å². The van der Waals surface area contributed by atoms with E-state index in [2.05, 4.69) is 0 Å². The maximum absolute atomic E-state index is 13.3. The Bertz CT molecular complexity index is 925. The molecule has 1 saturated carbocycles. The highest BCUT2D eigenvalue weighted by atomic mass is 19.1. The van der Waals surface area contributed by atoms with E-state index in [0.717, 1.165) is 12.8 Å². The van der Waals surface area contributed by atoms with Crippen LogP contribution >= 0.6 is 0 Å². The zero-order chi connectivity index (χ0) is 17.6. The van der Waals surface area contributed by atoms with Crippen LogP contribution in [-0.4, -0.2) is 11.8 Å². The van der Waals surface area contributed by atoms with Crippen molar-refractivity contribution in [3.05, 3.63) is 64.7 Å². The predicted molar refractivity (Wildman–Crippen MR) is 88.9 cm³/mol. The first kappa shape index (κ1) is 15.6. The van der Waals surface area contributed by atoms with E-state index in [4.69, 9.17) is 9.47 Å². The summed E-state index contributed by atoms with van der Waals surface area (Å²) < 4.78 is 24.3. The van der Waals surface area contributed by atoms with E-state index in [-0.39, 0.29) is 29.2 Å². The van der Waals surface area contributed by atoms with Gasteiger partial charge in [-0.3, -0.25) is 9.59 Å². The molecule has 1 heterocycles. The van der Waals surface area contributed by atoms with Crippen LogP contribution in [0.4, 0.5) is 4.39 Å². The molecule has 0 spiro atoms. The Balaban J connectivity index is 1.64. The van der Waals surface area contributed by atoms with Crippen molar-refractivity contribution in [3.63, 3.8) is 0 Å². The predicted octanol–water partition coefficient (Wildman–Crippen LogP) is 4.07. The highest BCUT2D eigenvalue weighted by Crippen LogP contribution is 2.38. The van der Waals surface area contributed by atoms with Crippen LogP contribution in [0.3, 0.4) is 0 Å². The standard InChI is InChI=1S/C20H15FO4/c1-11-7-15(24-20(23)13-5-6-13)10-16-18(11)19(22)17(25-16)9-12-3-2-4-14(21)8-12/h2-4,7-10,13H,5-6H2,1H3/b17-9-. The van der Waals surface area contributed by atoms with Gasteiger partial charge in [-0.15, -0.1) is 0 Å². The molecule has 0 amide bonds. The largest absolute Gasteiger partial charge is 0.452 e. The summed E-state index contributed by atoms with van der Waals surface area (Å²) in [5.41, 5.74) is 1.65. The molecule has 0 aromatic heterocycles. The molecular weight excluding hydrogens is 323 g/mol. The van der Waals surface area contributed by atoms with Crippen LogP contribution < -0.4 is 9.47 Å². The van der Waals surface area contributed by atoms with Gasteiger partial charge in [-0.1, -0.05) is 12.1 Å². The maximum atomic E-state index is 13.3. The molecule has 4 rings (SSSR count). The zero-order valence-electron chi connectivity index (χ0n) is 13.5. The quantitative estimate of drug-likeness (QED) is 0.481. The van der Waals surface area contributed by atoms with Gasteiger partial charge >= 0.3 is 5.97 Å². The van der Waals surface area contributed by atoms with Gasteiger partial charge in [-0.25, -0.2) is 4.39 Å². The number of esters is 1. The third-order valence-corrected chi connectivity index (χ3v) is 4.22. The average molecular weight is 338 g/mol. The number of ether oxygens (including phenoxy) is 2. The SMILES string of the molecule is Cc1cc(OC(=O)C2CC2)cc2c1C(=O)/C(=C/c1cccc(F)c1)O2. The number of carbonyl (C=O) groups excluding carboxylic acids is 2. The minimum atomic E-state index is -0.386. The van der Waals surface area contributed by atoms with Crippen molar-refractivity contribution >= 4 is 17.8 Å². The number of halogens is 1. The van der Waals surface area contributed by atoms with E-state index < -0.39 is 0 Å². The van der Waals surface area contributed by atoms with Crippen molar-refractivity contribution in [2.24, 2.45) is 5.92 Å². The van der Waals surface area contributed by atoms with Crippen molar-refractivity contribution in [2.75, 3.05) is 0 Å². The summed E-state index contributed by atoms with van der Waals surface area (Å²) in [5.74, 6) is -0.0769. The van der Waals surface area contributed by atoms with Crippen molar-refractivity contribution < 1.29 is 23.5 Å². The van der Waals surface area contributed by atoms with E-state index in [1.165, 1.54) is 18.2 Å². The molecule has 2 aromatic rings. The molecule has 0 bridgehead atoms. The van der Waals surface area contributed by atoms with E-state index in [1.54, 1.807) is 31.2 Å². The molecule has 25 heavy (non-hydrogen) atoms. The number of Topliss-reactive ketones (excluding diaryl/α,β-unsaturated/α-hetero) is 1. The summed E-state index contributed by atoms with van der Waals surface area (Å²) in [4.78, 5) is 24.4. The minimum Gasteiger partial charge on any atom is -0.452 e. The van der Waals surface area contributed by atoms with Gasteiger partial charge in [0.2, 0.25) is 5.78 Å². The molecule has 0 N–H and O–H groups in total. The van der Waals surface area contributed by atoms with Crippen LogP contribution in [0, 0.1) is 18.7 Å². The average Bonchev–Trinajstić information content (AvgIpc) is 3.34. The lowest BCUT2D eigenvalue weighted by Gasteiger charge is -2.07. The third kappa shape index (κ3) is 3.05. The molecule has 0 atom stereocenters. The van der Waals surface area contributed by atoms with Crippen LogP contribution in [0.15, 0.2) is 42.2 Å². The molecule has 0 saturated heterocycles. The second kappa shape index (κ2) is 5.84. The van der Waals surface area contributed by atoms with Gasteiger partial charge < -0.3 is 9.47 Å². The van der Waals surface area contributed by atoms with Gasteiger partial charge in [0.05, 0.1) is 11.5 Å². The number of benzene rings is 2. The lowest BCUT2D eigenvalue weighted by molar-refractivity contribution is -0.135. The van der Waals surface area contributed by atoms with Crippen LogP contribution in [-0.2, 0) is 4.79 Å². The molecule has 2 aromatic carbocycles. The minimum absolute atomic E-state index is 0.0143. The fraction of sp³-hybridized carbons (Fsp3) is 0.200. The molecule has 2 aliphatic rings. The van der Waals surface area contributed by atoms with Crippen LogP contribution in [0.1, 0.15) is 34.3 Å². The molecule has 0 radical (unpaired) electrons. The Kier molecular flexibility index (Phi) is 3.64. The van der Waals surface area contributed by atoms with E-state index >= 15 is 0 Å². The first-order chi connectivity index (χ1) is 12.0. The monoisotopic (exact) mass is 338 g/mol. The van der Waals surface area contributed by atoms with E-state index in [0.29, 0.717) is 28.2 Å². The number of aryl methyl sites for hydroxylation is 1. The van der Waals surface area contributed by atoms with Crippen molar-refractivity contribution in [2.45, 2.75) is 19.8 Å². The molecule has 5 heteroatoms. The Morgan fingerprint density at radius 3 is 2.80 bits per heavy atom. The second-order valence-electron chi connectivity index (χ2n) is 6.30. The number of hydrogen-bond acceptors (Lipinski definition) is 4. The van der Waals surface area contributed by atoms with Crippen LogP contribution in [0.25, 0.3) is 6.08 Å². The molecule has 1 fully saturated rings. The molecule has 0 unspecified atom stereocenters. The molecule has 1 aliphatic carbocycles. The Morgan fingerprint density at radius 1 is 1.28 bits per heavy atom. The highest BCUT2D eigenvalue weighted by Gasteiger charge is 2.33. The summed E-state index contributed by atoms with van der Waals surface area (Å²) in [7, 11) is 0. The summed E-state index contributed by atoms with van der Waals surface area (Å²) >= 11 is 0. The van der Waals surface area contributed by atoms with E-state index in [1.807, 2.05) is 0 Å². The van der Waals surface area contributed by atoms with Gasteiger partial charge in [0.1, 0.15) is 17.3 Å². The maximum Gasteiger partial charge on any atom is 0.314 e. The van der Waals surface area contributed by atoms with Crippen molar-refractivity contribution in [1.29, 1.82) is 0 Å². The van der Waals surface area contributed by atoms with Crippen molar-refractivity contribution in [3.8, 4) is 11.5 Å². The number of allylic oxidation sites excluding steroid dienone is 1. The first-order valence-electron chi connectivity index (χ1n) is 8.07. The number of ketones is 1. The van der Waals surface area contributed by atoms with Gasteiger partial charge in [0.15, 0.2) is 5.76 Å². The van der Waals surface area contributed by atoms with E-state index in [9.17, 15) is 14.0 Å². The normalized spacial score (nSPS) is 17.4.